The summed E-state index contributed by atoms with van der Waals surface area (Å²) in [7, 11) is 1.78. The van der Waals surface area contributed by atoms with Gasteiger partial charge in [-0.05, 0) is 44.9 Å². The summed E-state index contributed by atoms with van der Waals surface area (Å²) in [6.45, 7) is 5.34. The van der Waals surface area contributed by atoms with Crippen LogP contribution in [0.3, 0.4) is 0 Å². The van der Waals surface area contributed by atoms with Gasteiger partial charge in [-0.1, -0.05) is 6.92 Å². The second kappa shape index (κ2) is 9.61. The minimum absolute atomic E-state index is 0.126. The van der Waals surface area contributed by atoms with E-state index in [0.29, 0.717) is 19.1 Å². The summed E-state index contributed by atoms with van der Waals surface area (Å²) in [4.78, 5) is 15.4. The topological polar surface area (TPSA) is 62.7 Å². The molecular formula is C15H29N3O2. The first kappa shape index (κ1) is 16.8. The molecule has 0 heterocycles. The average molecular weight is 283 g/mol. The number of nitrogens with zero attached hydrogens (tertiary/aromatic N) is 1. The Labute approximate surface area is 122 Å². The zero-order valence-electron chi connectivity index (χ0n) is 13.1. The van der Waals surface area contributed by atoms with E-state index in [0.717, 1.165) is 24.8 Å². The number of ether oxygens (including phenoxy) is 1. The summed E-state index contributed by atoms with van der Waals surface area (Å²) in [5, 5.41) is 6.72. The van der Waals surface area contributed by atoms with Crippen molar-refractivity contribution < 1.29 is 9.53 Å². The SMILES string of the molecule is CCOC(=O)CCCNC(=NC)NC1CCC(C)CC1. The van der Waals surface area contributed by atoms with Crippen LogP contribution in [0.1, 0.15) is 52.4 Å². The molecule has 0 spiro atoms. The minimum atomic E-state index is -0.126. The smallest absolute Gasteiger partial charge is 0.305 e. The Balaban J connectivity index is 2.15. The van der Waals surface area contributed by atoms with Crippen LogP contribution in [0.4, 0.5) is 0 Å². The quantitative estimate of drug-likeness (QED) is 0.339. The molecule has 20 heavy (non-hydrogen) atoms. The highest BCUT2D eigenvalue weighted by Crippen LogP contribution is 2.23. The van der Waals surface area contributed by atoms with Crippen LogP contribution >= 0.6 is 0 Å². The van der Waals surface area contributed by atoms with Crippen LogP contribution in [0.2, 0.25) is 0 Å². The van der Waals surface area contributed by atoms with Gasteiger partial charge < -0.3 is 15.4 Å². The van der Waals surface area contributed by atoms with Gasteiger partial charge in [0.1, 0.15) is 0 Å². The van der Waals surface area contributed by atoms with Crippen molar-refractivity contribution >= 4 is 11.9 Å². The first-order valence-corrected chi connectivity index (χ1v) is 7.78. The number of esters is 1. The largest absolute Gasteiger partial charge is 0.466 e. The van der Waals surface area contributed by atoms with Gasteiger partial charge in [-0.2, -0.15) is 0 Å². The van der Waals surface area contributed by atoms with Crippen molar-refractivity contribution in [1.82, 2.24) is 10.6 Å². The zero-order valence-corrected chi connectivity index (χ0v) is 13.1. The molecule has 1 aliphatic carbocycles. The van der Waals surface area contributed by atoms with Gasteiger partial charge in [-0.25, -0.2) is 0 Å². The van der Waals surface area contributed by atoms with Crippen LogP contribution in [0, 0.1) is 5.92 Å². The fraction of sp³-hybridized carbons (Fsp3) is 0.867. The summed E-state index contributed by atoms with van der Waals surface area (Å²) in [6.07, 6.45) is 6.23. The predicted octanol–water partition coefficient (Wildman–Crippen LogP) is 2.07. The number of hydrogen-bond donors (Lipinski definition) is 2. The van der Waals surface area contributed by atoms with E-state index in [-0.39, 0.29) is 5.97 Å². The lowest BCUT2D eigenvalue weighted by atomic mass is 9.87. The summed E-state index contributed by atoms with van der Waals surface area (Å²) >= 11 is 0. The number of carbonyl (C=O) groups is 1. The molecule has 5 nitrogen and oxygen atoms in total. The van der Waals surface area contributed by atoms with Crippen LogP contribution in [-0.2, 0) is 9.53 Å². The van der Waals surface area contributed by atoms with Crippen LogP contribution in [-0.4, -0.2) is 38.2 Å². The minimum Gasteiger partial charge on any atom is -0.466 e. The van der Waals surface area contributed by atoms with Gasteiger partial charge in [0.25, 0.3) is 0 Å². The van der Waals surface area contributed by atoms with Gasteiger partial charge >= 0.3 is 5.97 Å². The van der Waals surface area contributed by atoms with E-state index in [1.165, 1.54) is 25.7 Å². The summed E-state index contributed by atoms with van der Waals surface area (Å²) in [5.41, 5.74) is 0. The normalized spacial score (nSPS) is 23.2. The van der Waals surface area contributed by atoms with E-state index in [2.05, 4.69) is 22.5 Å². The third kappa shape index (κ3) is 6.78. The fourth-order valence-corrected chi connectivity index (χ4v) is 2.47. The van der Waals surface area contributed by atoms with Gasteiger partial charge in [0.05, 0.1) is 6.61 Å². The lowest BCUT2D eigenvalue weighted by Crippen LogP contribution is -2.45. The third-order valence-corrected chi connectivity index (χ3v) is 3.74. The number of rotatable bonds is 6. The van der Waals surface area contributed by atoms with Crippen molar-refractivity contribution in [3.05, 3.63) is 0 Å². The van der Waals surface area contributed by atoms with Crippen molar-refractivity contribution in [2.24, 2.45) is 10.9 Å². The Bertz CT molecular complexity index is 310. The Morgan fingerprint density at radius 2 is 2.00 bits per heavy atom. The molecule has 2 N–H and O–H groups in total. The van der Waals surface area contributed by atoms with E-state index in [1.54, 1.807) is 7.05 Å². The molecular weight excluding hydrogens is 254 g/mol. The highest BCUT2D eigenvalue weighted by atomic mass is 16.5. The maximum absolute atomic E-state index is 11.2. The number of aliphatic imine (C=N–C) groups is 1. The van der Waals surface area contributed by atoms with Crippen LogP contribution in [0.5, 0.6) is 0 Å². The van der Waals surface area contributed by atoms with Crippen molar-refractivity contribution in [3.63, 3.8) is 0 Å². The number of nitrogens with one attached hydrogen (secondary N) is 2. The molecule has 0 radical (unpaired) electrons. The highest BCUT2D eigenvalue weighted by molar-refractivity contribution is 5.80. The van der Waals surface area contributed by atoms with Crippen LogP contribution in [0.15, 0.2) is 4.99 Å². The lowest BCUT2D eigenvalue weighted by Gasteiger charge is -2.28. The second-order valence-electron chi connectivity index (χ2n) is 5.51. The molecule has 0 atom stereocenters. The average Bonchev–Trinajstić information content (AvgIpc) is 2.44. The predicted molar refractivity (Wildman–Crippen MR) is 81.8 cm³/mol. The standard InChI is InChI=1S/C15H29N3O2/c1-4-20-14(19)6-5-11-17-15(16-3)18-13-9-7-12(2)8-10-13/h12-13H,4-11H2,1-3H3,(H2,16,17,18). The van der Waals surface area contributed by atoms with E-state index in [9.17, 15) is 4.79 Å². The Morgan fingerprint density at radius 3 is 2.60 bits per heavy atom. The Kier molecular flexibility index (Phi) is 8.07. The highest BCUT2D eigenvalue weighted by Gasteiger charge is 2.18. The molecule has 116 valence electrons. The van der Waals surface area contributed by atoms with E-state index < -0.39 is 0 Å². The molecule has 0 saturated heterocycles. The zero-order chi connectivity index (χ0) is 14.8. The number of carbonyl (C=O) groups excluding carboxylic acids is 1. The van der Waals surface area contributed by atoms with Gasteiger partial charge in [0.15, 0.2) is 5.96 Å². The molecule has 1 fully saturated rings. The molecule has 0 unspecified atom stereocenters. The first-order chi connectivity index (χ1) is 9.65. The number of hydrogen-bond acceptors (Lipinski definition) is 3. The van der Waals surface area contributed by atoms with Crippen LogP contribution in [0.25, 0.3) is 0 Å². The van der Waals surface area contributed by atoms with Crippen molar-refractivity contribution in [3.8, 4) is 0 Å². The molecule has 0 aromatic rings. The monoisotopic (exact) mass is 283 g/mol. The Morgan fingerprint density at radius 1 is 1.30 bits per heavy atom. The third-order valence-electron chi connectivity index (χ3n) is 3.74. The van der Waals surface area contributed by atoms with E-state index in [4.69, 9.17) is 4.74 Å². The van der Waals surface area contributed by atoms with Gasteiger partial charge in [-0.3, -0.25) is 9.79 Å². The molecule has 5 heteroatoms. The molecule has 1 saturated carbocycles. The second-order valence-corrected chi connectivity index (χ2v) is 5.51. The number of guanidine groups is 1. The molecule has 1 aliphatic rings. The molecule has 0 aromatic carbocycles. The van der Waals surface area contributed by atoms with E-state index >= 15 is 0 Å². The van der Waals surface area contributed by atoms with Gasteiger partial charge in [0, 0.05) is 26.1 Å². The summed E-state index contributed by atoms with van der Waals surface area (Å²) in [6, 6.07) is 0.530. The maximum atomic E-state index is 11.2. The van der Waals surface area contributed by atoms with E-state index in [1.807, 2.05) is 6.92 Å². The van der Waals surface area contributed by atoms with Gasteiger partial charge in [0.2, 0.25) is 0 Å². The summed E-state index contributed by atoms with van der Waals surface area (Å²) in [5.74, 6) is 1.57. The maximum Gasteiger partial charge on any atom is 0.305 e. The Hall–Kier alpha value is -1.26. The van der Waals surface area contributed by atoms with Crippen molar-refractivity contribution in [2.75, 3.05) is 20.2 Å². The molecule has 0 bridgehead atoms. The molecule has 1 rings (SSSR count). The molecule has 0 aliphatic heterocycles. The lowest BCUT2D eigenvalue weighted by molar-refractivity contribution is -0.143. The molecule has 0 amide bonds. The first-order valence-electron chi connectivity index (χ1n) is 7.78. The van der Waals surface area contributed by atoms with Gasteiger partial charge in [-0.15, -0.1) is 0 Å². The van der Waals surface area contributed by atoms with Crippen molar-refractivity contribution in [1.29, 1.82) is 0 Å². The summed E-state index contributed by atoms with van der Waals surface area (Å²) < 4.78 is 4.89. The molecule has 0 aromatic heterocycles. The van der Waals surface area contributed by atoms with Crippen molar-refractivity contribution in [2.45, 2.75) is 58.4 Å². The fourth-order valence-electron chi connectivity index (χ4n) is 2.47. The van der Waals surface area contributed by atoms with Crippen LogP contribution < -0.4 is 10.6 Å².